The number of benzene rings is 1. The predicted molar refractivity (Wildman–Crippen MR) is 72.4 cm³/mol. The third-order valence-corrected chi connectivity index (χ3v) is 2.85. The molecule has 0 radical (unpaired) electrons. The second-order valence-corrected chi connectivity index (χ2v) is 4.06. The second-order valence-electron chi connectivity index (χ2n) is 4.06. The average Bonchev–Trinajstić information content (AvgIpc) is 2.83. The summed E-state index contributed by atoms with van der Waals surface area (Å²) in [6, 6.07) is 7.65. The molecule has 1 N–H and O–H groups in total. The summed E-state index contributed by atoms with van der Waals surface area (Å²) in [6.45, 7) is 0. The molecular formula is C13H13N5O. The smallest absolute Gasteiger partial charge is 0.233 e. The van der Waals surface area contributed by atoms with Crippen LogP contribution < -0.4 is 10.1 Å². The van der Waals surface area contributed by atoms with Crippen LogP contribution in [-0.2, 0) is 7.05 Å². The van der Waals surface area contributed by atoms with Crippen LogP contribution in [-0.4, -0.2) is 26.8 Å². The van der Waals surface area contributed by atoms with Crippen molar-refractivity contribution in [2.45, 2.75) is 0 Å². The average molecular weight is 255 g/mol. The molecule has 2 aromatic heterocycles. The third kappa shape index (κ3) is 2.08. The first-order valence-corrected chi connectivity index (χ1v) is 5.86. The molecule has 0 saturated carbocycles. The van der Waals surface area contributed by atoms with Crippen LogP contribution in [0.5, 0.6) is 11.6 Å². The van der Waals surface area contributed by atoms with Crippen molar-refractivity contribution in [1.29, 1.82) is 0 Å². The van der Waals surface area contributed by atoms with Crippen LogP contribution in [0.2, 0.25) is 0 Å². The third-order valence-electron chi connectivity index (χ3n) is 2.85. The Bertz CT molecular complexity index is 705. The lowest BCUT2D eigenvalue weighted by molar-refractivity contribution is 0.468. The highest BCUT2D eigenvalue weighted by atomic mass is 16.5. The number of aryl methyl sites for hydroxylation is 1. The number of rotatable bonds is 3. The van der Waals surface area contributed by atoms with E-state index < -0.39 is 0 Å². The van der Waals surface area contributed by atoms with E-state index in [0.717, 1.165) is 22.5 Å². The van der Waals surface area contributed by atoms with E-state index in [4.69, 9.17) is 4.74 Å². The lowest BCUT2D eigenvalue weighted by atomic mass is 10.3. The number of hydrogen-bond donors (Lipinski definition) is 1. The Kier molecular flexibility index (Phi) is 2.75. The number of ether oxygens (including phenoxy) is 1. The molecule has 1 aromatic carbocycles. The fraction of sp³-hybridized carbons (Fsp3) is 0.154. The first kappa shape index (κ1) is 11.5. The van der Waals surface area contributed by atoms with Gasteiger partial charge in [0.25, 0.3) is 0 Å². The zero-order chi connectivity index (χ0) is 13.2. The number of fused-ring (bicyclic) bond motifs is 1. The van der Waals surface area contributed by atoms with Gasteiger partial charge in [-0.05, 0) is 24.3 Å². The Balaban J connectivity index is 1.96. The Labute approximate surface area is 110 Å². The molecule has 0 unspecified atom stereocenters. The minimum Gasteiger partial charge on any atom is -0.438 e. The van der Waals surface area contributed by atoms with Crippen molar-refractivity contribution in [3.8, 4) is 11.6 Å². The normalized spacial score (nSPS) is 10.6. The minimum absolute atomic E-state index is 0.510. The highest BCUT2D eigenvalue weighted by molar-refractivity contribution is 5.79. The van der Waals surface area contributed by atoms with Gasteiger partial charge in [0.2, 0.25) is 5.88 Å². The Hall–Kier alpha value is -2.63. The zero-order valence-corrected chi connectivity index (χ0v) is 10.7. The Morgan fingerprint density at radius 2 is 1.95 bits per heavy atom. The topological polar surface area (TPSA) is 64.9 Å². The van der Waals surface area contributed by atoms with Gasteiger partial charge in [-0.2, -0.15) is 5.10 Å². The van der Waals surface area contributed by atoms with Gasteiger partial charge in [-0.15, -0.1) is 0 Å². The van der Waals surface area contributed by atoms with E-state index in [2.05, 4.69) is 20.4 Å². The van der Waals surface area contributed by atoms with E-state index in [1.807, 2.05) is 38.4 Å². The van der Waals surface area contributed by atoms with Gasteiger partial charge in [-0.1, -0.05) is 0 Å². The highest BCUT2D eigenvalue weighted by Gasteiger charge is 2.09. The van der Waals surface area contributed by atoms with Crippen molar-refractivity contribution in [3.05, 3.63) is 36.8 Å². The summed E-state index contributed by atoms with van der Waals surface area (Å²) in [5, 5.41) is 8.00. The van der Waals surface area contributed by atoms with Crippen LogP contribution in [0, 0.1) is 0 Å². The van der Waals surface area contributed by atoms with Gasteiger partial charge in [-0.3, -0.25) is 4.68 Å². The molecule has 0 aliphatic heterocycles. The summed E-state index contributed by atoms with van der Waals surface area (Å²) >= 11 is 0. The second kappa shape index (κ2) is 4.56. The summed E-state index contributed by atoms with van der Waals surface area (Å²) in [4.78, 5) is 8.33. The molecule has 0 saturated heterocycles. The summed E-state index contributed by atoms with van der Waals surface area (Å²) in [6.07, 6.45) is 3.17. The number of anilines is 1. The SMILES string of the molecule is CNc1ccc(Oc2ncnc3c2cnn3C)cc1. The number of nitrogens with zero attached hydrogens (tertiary/aromatic N) is 4. The molecule has 6 nitrogen and oxygen atoms in total. The molecule has 19 heavy (non-hydrogen) atoms. The van der Waals surface area contributed by atoms with Gasteiger partial charge < -0.3 is 10.1 Å². The fourth-order valence-electron chi connectivity index (χ4n) is 1.82. The van der Waals surface area contributed by atoms with Crippen molar-refractivity contribution in [2.24, 2.45) is 7.05 Å². The predicted octanol–water partition coefficient (Wildman–Crippen LogP) is 2.20. The van der Waals surface area contributed by atoms with Crippen LogP contribution in [0.1, 0.15) is 0 Å². The molecule has 6 heteroatoms. The standard InChI is InChI=1S/C13H13N5O/c1-14-9-3-5-10(6-4-9)19-13-11-7-17-18(2)12(11)15-8-16-13/h3-8,14H,1-2H3. The van der Waals surface area contributed by atoms with Gasteiger partial charge in [0.1, 0.15) is 17.5 Å². The van der Waals surface area contributed by atoms with Gasteiger partial charge >= 0.3 is 0 Å². The molecular weight excluding hydrogens is 242 g/mol. The molecule has 96 valence electrons. The molecule has 3 rings (SSSR count). The molecule has 0 fully saturated rings. The minimum atomic E-state index is 0.510. The van der Waals surface area contributed by atoms with Crippen molar-refractivity contribution in [1.82, 2.24) is 19.7 Å². The van der Waals surface area contributed by atoms with E-state index in [-0.39, 0.29) is 0 Å². The van der Waals surface area contributed by atoms with Crippen LogP contribution in [0.15, 0.2) is 36.8 Å². The summed E-state index contributed by atoms with van der Waals surface area (Å²) < 4.78 is 7.46. The van der Waals surface area contributed by atoms with Crippen molar-refractivity contribution < 1.29 is 4.74 Å². The summed E-state index contributed by atoms with van der Waals surface area (Å²) in [5.41, 5.74) is 1.78. The summed E-state index contributed by atoms with van der Waals surface area (Å²) in [7, 11) is 3.71. The zero-order valence-electron chi connectivity index (χ0n) is 10.7. The lowest BCUT2D eigenvalue weighted by Crippen LogP contribution is -1.94. The number of nitrogens with one attached hydrogen (secondary N) is 1. The first-order chi connectivity index (χ1) is 9.28. The van der Waals surface area contributed by atoms with Crippen LogP contribution in [0.25, 0.3) is 11.0 Å². The van der Waals surface area contributed by atoms with Gasteiger partial charge in [-0.25, -0.2) is 9.97 Å². The molecule has 0 atom stereocenters. The van der Waals surface area contributed by atoms with Crippen LogP contribution >= 0.6 is 0 Å². The first-order valence-electron chi connectivity index (χ1n) is 5.86. The Morgan fingerprint density at radius 3 is 2.68 bits per heavy atom. The molecule has 0 spiro atoms. The Morgan fingerprint density at radius 1 is 1.16 bits per heavy atom. The number of aromatic nitrogens is 4. The summed E-state index contributed by atoms with van der Waals surface area (Å²) in [5.74, 6) is 1.23. The molecule has 0 bridgehead atoms. The maximum absolute atomic E-state index is 5.77. The molecule has 2 heterocycles. The maximum atomic E-state index is 5.77. The van der Waals surface area contributed by atoms with Gasteiger partial charge in [0.05, 0.1) is 6.20 Å². The maximum Gasteiger partial charge on any atom is 0.233 e. The van der Waals surface area contributed by atoms with E-state index >= 15 is 0 Å². The van der Waals surface area contributed by atoms with E-state index in [0.29, 0.717) is 5.88 Å². The molecule has 0 aliphatic rings. The largest absolute Gasteiger partial charge is 0.438 e. The van der Waals surface area contributed by atoms with Gasteiger partial charge in [0.15, 0.2) is 5.65 Å². The van der Waals surface area contributed by atoms with Crippen LogP contribution in [0.3, 0.4) is 0 Å². The monoisotopic (exact) mass is 255 g/mol. The van der Waals surface area contributed by atoms with Gasteiger partial charge in [0, 0.05) is 19.8 Å². The van der Waals surface area contributed by atoms with E-state index in [1.54, 1.807) is 10.9 Å². The quantitative estimate of drug-likeness (QED) is 0.777. The van der Waals surface area contributed by atoms with Crippen molar-refractivity contribution in [3.63, 3.8) is 0 Å². The van der Waals surface area contributed by atoms with E-state index in [9.17, 15) is 0 Å². The molecule has 0 amide bonds. The fourth-order valence-corrected chi connectivity index (χ4v) is 1.82. The number of hydrogen-bond acceptors (Lipinski definition) is 5. The highest BCUT2D eigenvalue weighted by Crippen LogP contribution is 2.26. The van der Waals surface area contributed by atoms with Crippen molar-refractivity contribution in [2.75, 3.05) is 12.4 Å². The molecule has 0 aliphatic carbocycles. The lowest BCUT2D eigenvalue weighted by Gasteiger charge is -2.06. The van der Waals surface area contributed by atoms with Crippen molar-refractivity contribution >= 4 is 16.7 Å². The van der Waals surface area contributed by atoms with E-state index in [1.165, 1.54) is 6.33 Å². The molecule has 3 aromatic rings. The van der Waals surface area contributed by atoms with Crippen LogP contribution in [0.4, 0.5) is 5.69 Å².